The molecular weight excluding hydrogens is 388 g/mol. The molecule has 0 radical (unpaired) electrons. The molecule has 1 fully saturated rings. The molecule has 0 aromatic heterocycles. The van der Waals surface area contributed by atoms with E-state index in [9.17, 15) is 13.2 Å². The summed E-state index contributed by atoms with van der Waals surface area (Å²) in [6, 6.07) is 14.5. The van der Waals surface area contributed by atoms with Crippen LogP contribution < -0.4 is 4.74 Å². The van der Waals surface area contributed by atoms with Crippen molar-refractivity contribution in [3.63, 3.8) is 0 Å². The minimum atomic E-state index is -3.70. The second kappa shape index (κ2) is 9.41. The van der Waals surface area contributed by atoms with Crippen LogP contribution >= 0.6 is 0 Å². The molecule has 1 saturated heterocycles. The Bertz CT molecular complexity index is 939. The molecule has 3 rings (SSSR count). The zero-order chi connectivity index (χ0) is 20.9. The van der Waals surface area contributed by atoms with E-state index in [0.717, 1.165) is 24.8 Å². The predicted octanol–water partition coefficient (Wildman–Crippen LogP) is 3.53. The Kier molecular flexibility index (Phi) is 6.92. The van der Waals surface area contributed by atoms with E-state index in [-0.39, 0.29) is 16.6 Å². The van der Waals surface area contributed by atoms with E-state index in [1.54, 1.807) is 17.0 Å². The van der Waals surface area contributed by atoms with Crippen molar-refractivity contribution in [2.24, 2.45) is 0 Å². The summed E-state index contributed by atoms with van der Waals surface area (Å²) in [5, 5.41) is 0. The van der Waals surface area contributed by atoms with Crippen molar-refractivity contribution in [1.29, 1.82) is 0 Å². The summed E-state index contributed by atoms with van der Waals surface area (Å²) in [7, 11) is -2.25. The lowest BCUT2D eigenvalue weighted by Crippen LogP contribution is -2.32. The molecule has 1 aliphatic rings. The lowest BCUT2D eigenvalue weighted by molar-refractivity contribution is 0.0743. The SMILES string of the molecule is CCCN(Cc1ccccc1)C(=O)c1ccc(OC)c(S(=O)(=O)N2CCCC2)c1. The number of carbonyl (C=O) groups excluding carboxylic acids is 1. The van der Waals surface area contributed by atoms with Gasteiger partial charge in [0.25, 0.3) is 5.91 Å². The Morgan fingerprint density at radius 1 is 1.10 bits per heavy atom. The van der Waals surface area contributed by atoms with Crippen molar-refractivity contribution in [2.75, 3.05) is 26.7 Å². The van der Waals surface area contributed by atoms with Crippen molar-refractivity contribution in [3.8, 4) is 5.75 Å². The highest BCUT2D eigenvalue weighted by atomic mass is 32.2. The first kappa shape index (κ1) is 21.3. The molecule has 2 aromatic carbocycles. The van der Waals surface area contributed by atoms with Gasteiger partial charge in [-0.15, -0.1) is 0 Å². The molecular formula is C22H28N2O4S. The first-order chi connectivity index (χ1) is 14.0. The van der Waals surface area contributed by atoms with Crippen molar-refractivity contribution in [1.82, 2.24) is 9.21 Å². The first-order valence-corrected chi connectivity index (χ1v) is 11.4. The van der Waals surface area contributed by atoms with Crippen LogP contribution in [0.25, 0.3) is 0 Å². The maximum Gasteiger partial charge on any atom is 0.254 e. The van der Waals surface area contributed by atoms with E-state index in [0.29, 0.717) is 31.7 Å². The standard InChI is InChI=1S/C22H28N2O4S/c1-3-13-23(17-18-9-5-4-6-10-18)22(25)19-11-12-20(28-2)21(16-19)29(26,27)24-14-7-8-15-24/h4-6,9-12,16H,3,7-8,13-15,17H2,1-2H3. The smallest absolute Gasteiger partial charge is 0.254 e. The third-order valence-corrected chi connectivity index (χ3v) is 7.01. The van der Waals surface area contributed by atoms with Gasteiger partial charge in [-0.3, -0.25) is 4.79 Å². The molecule has 0 spiro atoms. The second-order valence-electron chi connectivity index (χ2n) is 7.19. The van der Waals surface area contributed by atoms with Crippen LogP contribution in [0.3, 0.4) is 0 Å². The Balaban J connectivity index is 1.93. The van der Waals surface area contributed by atoms with Crippen LogP contribution in [0.5, 0.6) is 5.75 Å². The summed E-state index contributed by atoms with van der Waals surface area (Å²) in [5.74, 6) is 0.0785. The highest BCUT2D eigenvalue weighted by Crippen LogP contribution is 2.30. The normalized spacial score (nSPS) is 14.7. The lowest BCUT2D eigenvalue weighted by atomic mass is 10.1. The molecule has 1 amide bonds. The van der Waals surface area contributed by atoms with Gasteiger partial charge in [0.15, 0.2) is 0 Å². The van der Waals surface area contributed by atoms with Crippen molar-refractivity contribution in [3.05, 3.63) is 59.7 Å². The number of sulfonamides is 1. The number of ether oxygens (including phenoxy) is 1. The quantitative estimate of drug-likeness (QED) is 0.660. The fourth-order valence-electron chi connectivity index (χ4n) is 3.59. The number of amides is 1. The topological polar surface area (TPSA) is 66.9 Å². The van der Waals surface area contributed by atoms with Gasteiger partial charge in [-0.1, -0.05) is 37.3 Å². The Hall–Kier alpha value is -2.38. The third-order valence-electron chi connectivity index (χ3n) is 5.09. The van der Waals surface area contributed by atoms with Crippen molar-refractivity contribution in [2.45, 2.75) is 37.6 Å². The fraction of sp³-hybridized carbons (Fsp3) is 0.409. The first-order valence-electron chi connectivity index (χ1n) is 9.98. The number of hydrogen-bond acceptors (Lipinski definition) is 4. The summed E-state index contributed by atoms with van der Waals surface area (Å²) in [6.07, 6.45) is 2.51. The molecule has 6 nitrogen and oxygen atoms in total. The minimum absolute atomic E-state index is 0.0592. The molecule has 0 unspecified atom stereocenters. The van der Waals surface area contributed by atoms with Gasteiger partial charge in [-0.05, 0) is 43.0 Å². The average molecular weight is 417 g/mol. The highest BCUT2D eigenvalue weighted by Gasteiger charge is 2.31. The summed E-state index contributed by atoms with van der Waals surface area (Å²) in [5.41, 5.74) is 1.39. The number of methoxy groups -OCH3 is 1. The molecule has 29 heavy (non-hydrogen) atoms. The second-order valence-corrected chi connectivity index (χ2v) is 9.10. The van der Waals surface area contributed by atoms with Gasteiger partial charge in [-0.25, -0.2) is 8.42 Å². The zero-order valence-electron chi connectivity index (χ0n) is 17.0. The Labute approximate surface area is 173 Å². The average Bonchev–Trinajstić information content (AvgIpc) is 3.29. The van der Waals surface area contributed by atoms with Gasteiger partial charge in [0.05, 0.1) is 7.11 Å². The molecule has 0 bridgehead atoms. The monoisotopic (exact) mass is 416 g/mol. The molecule has 2 aromatic rings. The van der Waals surface area contributed by atoms with Crippen LogP contribution in [-0.4, -0.2) is 50.3 Å². The van der Waals surface area contributed by atoms with Crippen LogP contribution in [0.15, 0.2) is 53.4 Å². The van der Waals surface area contributed by atoms with Gasteiger partial charge in [0.2, 0.25) is 10.0 Å². The molecule has 0 saturated carbocycles. The van der Waals surface area contributed by atoms with Crippen molar-refractivity contribution >= 4 is 15.9 Å². The minimum Gasteiger partial charge on any atom is -0.495 e. The molecule has 0 aliphatic carbocycles. The molecule has 1 heterocycles. The van der Waals surface area contributed by atoms with Crippen LogP contribution in [-0.2, 0) is 16.6 Å². The summed E-state index contributed by atoms with van der Waals surface area (Å²) in [6.45, 7) is 4.09. The number of rotatable bonds is 8. The van der Waals surface area contributed by atoms with E-state index in [1.165, 1.54) is 17.5 Å². The van der Waals surface area contributed by atoms with Gasteiger partial charge in [0.1, 0.15) is 10.6 Å². The van der Waals surface area contributed by atoms with Crippen LogP contribution in [0.2, 0.25) is 0 Å². The van der Waals surface area contributed by atoms with Gasteiger partial charge in [-0.2, -0.15) is 4.31 Å². The van der Waals surface area contributed by atoms with E-state index in [4.69, 9.17) is 4.74 Å². The number of carbonyl (C=O) groups is 1. The number of hydrogen-bond donors (Lipinski definition) is 0. The van der Waals surface area contributed by atoms with Crippen LogP contribution in [0.4, 0.5) is 0 Å². The summed E-state index contributed by atoms with van der Waals surface area (Å²) in [4.78, 5) is 15.0. The molecule has 0 atom stereocenters. The van der Waals surface area contributed by atoms with E-state index >= 15 is 0 Å². The fourth-order valence-corrected chi connectivity index (χ4v) is 5.29. The van der Waals surface area contributed by atoms with Crippen molar-refractivity contribution < 1.29 is 17.9 Å². The van der Waals surface area contributed by atoms with E-state index < -0.39 is 10.0 Å². The summed E-state index contributed by atoms with van der Waals surface area (Å²) < 4.78 is 33.0. The van der Waals surface area contributed by atoms with Crippen LogP contribution in [0, 0.1) is 0 Å². The van der Waals surface area contributed by atoms with Gasteiger partial charge < -0.3 is 9.64 Å². The predicted molar refractivity (Wildman–Crippen MR) is 112 cm³/mol. The summed E-state index contributed by atoms with van der Waals surface area (Å²) >= 11 is 0. The zero-order valence-corrected chi connectivity index (χ0v) is 17.8. The maximum absolute atomic E-state index is 13.2. The third kappa shape index (κ3) is 4.79. The Morgan fingerprint density at radius 3 is 2.41 bits per heavy atom. The van der Waals surface area contributed by atoms with E-state index in [1.807, 2.05) is 37.3 Å². The number of benzene rings is 2. The van der Waals surface area contributed by atoms with Crippen LogP contribution in [0.1, 0.15) is 42.1 Å². The maximum atomic E-state index is 13.2. The lowest BCUT2D eigenvalue weighted by Gasteiger charge is -2.23. The Morgan fingerprint density at radius 2 is 1.79 bits per heavy atom. The molecule has 0 N–H and O–H groups in total. The van der Waals surface area contributed by atoms with Gasteiger partial charge in [0, 0.05) is 31.7 Å². The van der Waals surface area contributed by atoms with Gasteiger partial charge >= 0.3 is 0 Å². The largest absolute Gasteiger partial charge is 0.495 e. The van der Waals surface area contributed by atoms with E-state index in [2.05, 4.69) is 0 Å². The highest BCUT2D eigenvalue weighted by molar-refractivity contribution is 7.89. The molecule has 156 valence electrons. The molecule has 1 aliphatic heterocycles. The number of nitrogens with zero attached hydrogens (tertiary/aromatic N) is 2. The molecule has 7 heteroatoms.